The van der Waals surface area contributed by atoms with Crippen molar-refractivity contribution in [3.8, 4) is 0 Å². The molecule has 0 aliphatic rings. The molecule has 96 valence electrons. The van der Waals surface area contributed by atoms with Gasteiger partial charge in [-0.3, -0.25) is 0 Å². The van der Waals surface area contributed by atoms with Gasteiger partial charge in [-0.15, -0.1) is 0 Å². The Morgan fingerprint density at radius 1 is 1.39 bits per heavy atom. The van der Waals surface area contributed by atoms with Gasteiger partial charge in [0, 0.05) is 12.2 Å². The Bertz CT molecular complexity index is 495. The van der Waals surface area contributed by atoms with Crippen LogP contribution in [0, 0.1) is 6.92 Å². The summed E-state index contributed by atoms with van der Waals surface area (Å²) in [6.07, 6.45) is 0. The number of nitrogens with one attached hydrogen (secondary N) is 2. The second-order valence-electron chi connectivity index (χ2n) is 4.10. The molecule has 0 bridgehead atoms. The molecule has 0 heterocycles. The Hall–Kier alpha value is -2.30. The molecule has 1 rings (SSSR count). The van der Waals surface area contributed by atoms with Crippen molar-refractivity contribution in [1.29, 1.82) is 0 Å². The lowest BCUT2D eigenvalue weighted by atomic mass is 10.1. The summed E-state index contributed by atoms with van der Waals surface area (Å²) in [5.74, 6) is -1.02. The van der Waals surface area contributed by atoms with Crippen molar-refractivity contribution < 1.29 is 14.7 Å². The van der Waals surface area contributed by atoms with Gasteiger partial charge < -0.3 is 15.7 Å². The van der Waals surface area contributed by atoms with Crippen LogP contribution in [-0.2, 0) is 0 Å². The maximum absolute atomic E-state index is 11.5. The van der Waals surface area contributed by atoms with Crippen LogP contribution in [0.5, 0.6) is 0 Å². The van der Waals surface area contributed by atoms with E-state index in [1.165, 1.54) is 6.07 Å². The number of carbonyl (C=O) groups is 2. The molecule has 0 saturated heterocycles. The van der Waals surface area contributed by atoms with E-state index in [1.807, 2.05) is 0 Å². The molecule has 0 atom stereocenters. The molecule has 3 N–H and O–H groups in total. The van der Waals surface area contributed by atoms with Crippen LogP contribution in [0.2, 0.25) is 0 Å². The Morgan fingerprint density at radius 3 is 2.61 bits per heavy atom. The zero-order valence-corrected chi connectivity index (χ0v) is 10.4. The zero-order valence-electron chi connectivity index (χ0n) is 10.4. The van der Waals surface area contributed by atoms with Crippen molar-refractivity contribution in [3.05, 3.63) is 41.5 Å². The van der Waals surface area contributed by atoms with Crippen molar-refractivity contribution in [2.24, 2.45) is 0 Å². The Balaban J connectivity index is 2.73. The predicted octanol–water partition coefficient (Wildman–Crippen LogP) is 2.39. The van der Waals surface area contributed by atoms with E-state index in [0.717, 1.165) is 5.57 Å². The maximum atomic E-state index is 11.5. The second kappa shape index (κ2) is 5.86. The largest absolute Gasteiger partial charge is 0.478 e. The Labute approximate surface area is 106 Å². The number of hydrogen-bond donors (Lipinski definition) is 3. The maximum Gasteiger partial charge on any atom is 0.336 e. The van der Waals surface area contributed by atoms with Gasteiger partial charge in [0.25, 0.3) is 0 Å². The molecular formula is C13H16N2O3. The van der Waals surface area contributed by atoms with E-state index < -0.39 is 12.0 Å². The number of urea groups is 1. The summed E-state index contributed by atoms with van der Waals surface area (Å²) >= 11 is 0. The zero-order chi connectivity index (χ0) is 13.7. The van der Waals surface area contributed by atoms with E-state index in [1.54, 1.807) is 26.0 Å². The number of carboxylic acid groups (broad SMARTS) is 1. The smallest absolute Gasteiger partial charge is 0.336 e. The molecule has 0 saturated carbocycles. The summed E-state index contributed by atoms with van der Waals surface area (Å²) in [4.78, 5) is 22.4. The highest BCUT2D eigenvalue weighted by atomic mass is 16.4. The fourth-order valence-electron chi connectivity index (χ4n) is 1.34. The molecular weight excluding hydrogens is 232 g/mol. The first-order valence-electron chi connectivity index (χ1n) is 5.43. The number of aromatic carboxylic acids is 1. The highest BCUT2D eigenvalue weighted by molar-refractivity contribution is 5.94. The van der Waals surface area contributed by atoms with E-state index in [2.05, 4.69) is 17.2 Å². The highest BCUT2D eigenvalue weighted by Gasteiger charge is 2.09. The van der Waals surface area contributed by atoms with Crippen LogP contribution in [0.3, 0.4) is 0 Å². The van der Waals surface area contributed by atoms with E-state index in [9.17, 15) is 9.59 Å². The predicted molar refractivity (Wildman–Crippen MR) is 70.0 cm³/mol. The van der Waals surface area contributed by atoms with Crippen LogP contribution < -0.4 is 10.6 Å². The molecule has 1 aromatic rings. The van der Waals surface area contributed by atoms with Gasteiger partial charge in [0.05, 0.1) is 5.56 Å². The van der Waals surface area contributed by atoms with Crippen LogP contribution in [0.25, 0.3) is 0 Å². The molecule has 0 aromatic heterocycles. The molecule has 0 radical (unpaired) electrons. The molecule has 1 aromatic carbocycles. The summed E-state index contributed by atoms with van der Waals surface area (Å²) < 4.78 is 0. The first-order chi connectivity index (χ1) is 8.40. The van der Waals surface area contributed by atoms with Gasteiger partial charge in [0.15, 0.2) is 0 Å². The third-order valence-electron chi connectivity index (χ3n) is 2.28. The average molecular weight is 248 g/mol. The van der Waals surface area contributed by atoms with E-state index in [4.69, 9.17) is 5.11 Å². The average Bonchev–Trinajstić information content (AvgIpc) is 2.28. The number of hydrogen-bond acceptors (Lipinski definition) is 2. The van der Waals surface area contributed by atoms with Gasteiger partial charge in [0.2, 0.25) is 0 Å². The minimum Gasteiger partial charge on any atom is -0.478 e. The molecule has 5 heteroatoms. The number of rotatable bonds is 4. The highest BCUT2D eigenvalue weighted by Crippen LogP contribution is 2.15. The number of benzene rings is 1. The summed E-state index contributed by atoms with van der Waals surface area (Å²) in [5.41, 5.74) is 2.10. The lowest BCUT2D eigenvalue weighted by molar-refractivity contribution is 0.0696. The summed E-state index contributed by atoms with van der Waals surface area (Å²) in [6.45, 7) is 7.54. The number of anilines is 1. The van der Waals surface area contributed by atoms with Crippen LogP contribution in [0.15, 0.2) is 30.4 Å². The fourth-order valence-corrected chi connectivity index (χ4v) is 1.34. The van der Waals surface area contributed by atoms with Crippen LogP contribution in [0.1, 0.15) is 22.8 Å². The summed E-state index contributed by atoms with van der Waals surface area (Å²) in [6, 6.07) is 4.34. The first kappa shape index (κ1) is 13.8. The summed E-state index contributed by atoms with van der Waals surface area (Å²) in [5, 5.41) is 14.1. The van der Waals surface area contributed by atoms with Crippen LogP contribution in [-0.4, -0.2) is 23.7 Å². The van der Waals surface area contributed by atoms with E-state index in [-0.39, 0.29) is 5.56 Å². The molecule has 0 fully saturated rings. The third-order valence-corrected chi connectivity index (χ3v) is 2.28. The van der Waals surface area contributed by atoms with Gasteiger partial charge >= 0.3 is 12.0 Å². The summed E-state index contributed by atoms with van der Waals surface area (Å²) in [7, 11) is 0. The Kier molecular flexibility index (Phi) is 4.48. The monoisotopic (exact) mass is 248 g/mol. The Morgan fingerprint density at radius 2 is 2.06 bits per heavy atom. The minimum absolute atomic E-state index is 0.174. The fraction of sp³-hybridized carbons (Fsp3) is 0.231. The van der Waals surface area contributed by atoms with E-state index in [0.29, 0.717) is 17.8 Å². The van der Waals surface area contributed by atoms with E-state index >= 15 is 0 Å². The minimum atomic E-state index is -1.02. The molecule has 18 heavy (non-hydrogen) atoms. The van der Waals surface area contributed by atoms with Gasteiger partial charge in [-0.25, -0.2) is 9.59 Å². The molecule has 0 aliphatic heterocycles. The van der Waals surface area contributed by atoms with Gasteiger partial charge in [0.1, 0.15) is 0 Å². The topological polar surface area (TPSA) is 78.4 Å². The number of carbonyl (C=O) groups excluding carboxylic acids is 1. The third kappa shape index (κ3) is 3.93. The molecule has 0 aliphatic carbocycles. The quantitative estimate of drug-likeness (QED) is 0.716. The van der Waals surface area contributed by atoms with Gasteiger partial charge in [-0.1, -0.05) is 18.2 Å². The first-order valence-corrected chi connectivity index (χ1v) is 5.43. The standard InChI is InChI=1S/C13H16N2O3/c1-8(2)7-14-13(18)15-10-5-4-9(3)11(6-10)12(16)17/h4-6H,1,7H2,2-3H3,(H,16,17)(H2,14,15,18). The van der Waals surface area contributed by atoms with Crippen molar-refractivity contribution in [2.45, 2.75) is 13.8 Å². The van der Waals surface area contributed by atoms with Crippen LogP contribution >= 0.6 is 0 Å². The van der Waals surface area contributed by atoms with Crippen molar-refractivity contribution in [3.63, 3.8) is 0 Å². The van der Waals surface area contributed by atoms with Gasteiger partial charge in [-0.05, 0) is 31.5 Å². The SMILES string of the molecule is C=C(C)CNC(=O)Nc1ccc(C)c(C(=O)O)c1. The lowest BCUT2D eigenvalue weighted by Crippen LogP contribution is -2.29. The number of carboxylic acids is 1. The number of amides is 2. The second-order valence-corrected chi connectivity index (χ2v) is 4.10. The van der Waals surface area contributed by atoms with Crippen molar-refractivity contribution >= 4 is 17.7 Å². The molecule has 2 amide bonds. The normalized spacial score (nSPS) is 9.67. The van der Waals surface area contributed by atoms with Crippen molar-refractivity contribution in [2.75, 3.05) is 11.9 Å². The van der Waals surface area contributed by atoms with Crippen LogP contribution in [0.4, 0.5) is 10.5 Å². The van der Waals surface area contributed by atoms with Crippen molar-refractivity contribution in [1.82, 2.24) is 5.32 Å². The molecule has 5 nitrogen and oxygen atoms in total. The number of aryl methyl sites for hydroxylation is 1. The molecule has 0 spiro atoms. The molecule has 0 unspecified atom stereocenters. The van der Waals surface area contributed by atoms with Gasteiger partial charge in [-0.2, -0.15) is 0 Å². The lowest BCUT2D eigenvalue weighted by Gasteiger charge is -2.09.